The van der Waals surface area contributed by atoms with Crippen LogP contribution in [0.5, 0.6) is 0 Å². The normalized spacial score (nSPS) is 15.2. The van der Waals surface area contributed by atoms with E-state index in [0.717, 1.165) is 17.1 Å². The second-order valence-corrected chi connectivity index (χ2v) is 19.1. The number of benzene rings is 10. The fourth-order valence-electron chi connectivity index (χ4n) is 13.1. The minimum Gasteiger partial charge on any atom is -0.310 e. The van der Waals surface area contributed by atoms with E-state index in [1.54, 1.807) is 0 Å². The van der Waals surface area contributed by atoms with E-state index >= 15 is 0 Å². The summed E-state index contributed by atoms with van der Waals surface area (Å²) >= 11 is 0. The van der Waals surface area contributed by atoms with Crippen LogP contribution in [0.1, 0.15) is 69.5 Å². The zero-order valence-corrected chi connectivity index (χ0v) is 37.0. The van der Waals surface area contributed by atoms with Crippen molar-refractivity contribution in [3.05, 3.63) is 292 Å². The Morgan fingerprint density at radius 2 is 0.621 bits per heavy atom. The largest absolute Gasteiger partial charge is 0.310 e. The van der Waals surface area contributed by atoms with E-state index in [1.165, 1.54) is 100 Å². The summed E-state index contributed by atoms with van der Waals surface area (Å²) in [6.07, 6.45) is 0. The molecule has 10 aromatic carbocycles. The lowest BCUT2D eigenvalue weighted by Gasteiger charge is -2.46. The average Bonchev–Trinajstić information content (AvgIpc) is 3.96. The Kier molecular flexibility index (Phi) is 7.66. The molecule has 0 saturated carbocycles. The van der Waals surface area contributed by atoms with Crippen LogP contribution < -0.4 is 4.90 Å². The molecular formula is C65H45N. The molecule has 0 saturated heterocycles. The Bertz CT molecular complexity index is 3550. The van der Waals surface area contributed by atoms with E-state index < -0.39 is 5.41 Å². The van der Waals surface area contributed by atoms with Gasteiger partial charge in [-0.1, -0.05) is 208 Å². The van der Waals surface area contributed by atoms with Crippen LogP contribution in [0.2, 0.25) is 0 Å². The highest BCUT2D eigenvalue weighted by Gasteiger charge is 2.54. The van der Waals surface area contributed by atoms with Gasteiger partial charge < -0.3 is 4.90 Å². The molecule has 0 unspecified atom stereocenters. The van der Waals surface area contributed by atoms with E-state index in [4.69, 9.17) is 0 Å². The highest BCUT2D eigenvalue weighted by atomic mass is 15.1. The molecule has 0 heterocycles. The lowest BCUT2D eigenvalue weighted by molar-refractivity contribution is 0.563. The van der Waals surface area contributed by atoms with Crippen molar-refractivity contribution >= 4 is 17.1 Å². The molecule has 0 N–H and O–H groups in total. The van der Waals surface area contributed by atoms with Crippen LogP contribution in [0, 0.1) is 0 Å². The van der Waals surface area contributed by atoms with Gasteiger partial charge in [0.2, 0.25) is 0 Å². The monoisotopic (exact) mass is 839 g/mol. The zero-order valence-electron chi connectivity index (χ0n) is 37.0. The van der Waals surface area contributed by atoms with Gasteiger partial charge in [0, 0.05) is 22.5 Å². The van der Waals surface area contributed by atoms with Crippen molar-refractivity contribution in [2.75, 3.05) is 4.90 Å². The summed E-state index contributed by atoms with van der Waals surface area (Å²) in [6, 6.07) is 89.2. The third kappa shape index (κ3) is 4.69. The van der Waals surface area contributed by atoms with Gasteiger partial charge in [0.15, 0.2) is 0 Å². The van der Waals surface area contributed by atoms with Crippen LogP contribution in [0.3, 0.4) is 0 Å². The van der Waals surface area contributed by atoms with Crippen molar-refractivity contribution in [2.45, 2.75) is 30.1 Å². The average molecular weight is 840 g/mol. The number of hydrogen-bond donors (Lipinski definition) is 0. The maximum Gasteiger partial charge on any atom is 0.0725 e. The Morgan fingerprint density at radius 3 is 1.18 bits per heavy atom. The van der Waals surface area contributed by atoms with E-state index in [-0.39, 0.29) is 10.8 Å². The summed E-state index contributed by atoms with van der Waals surface area (Å²) in [5.74, 6) is 0. The molecule has 0 amide bonds. The van der Waals surface area contributed by atoms with Crippen LogP contribution in [0.25, 0.3) is 44.5 Å². The Morgan fingerprint density at radius 1 is 0.242 bits per heavy atom. The molecule has 0 aliphatic heterocycles. The molecule has 0 radical (unpaired) electrons. The van der Waals surface area contributed by atoms with Gasteiger partial charge in [-0.3, -0.25) is 0 Å². The molecule has 14 rings (SSSR count). The van der Waals surface area contributed by atoms with Crippen LogP contribution in [-0.2, 0) is 16.2 Å². The first-order chi connectivity index (χ1) is 32.5. The van der Waals surface area contributed by atoms with E-state index in [2.05, 4.69) is 255 Å². The summed E-state index contributed by atoms with van der Waals surface area (Å²) in [4.78, 5) is 2.44. The fraction of sp³-hybridized carbons (Fsp3) is 0.0769. The van der Waals surface area contributed by atoms with Crippen molar-refractivity contribution in [3.8, 4) is 44.5 Å². The number of anilines is 3. The van der Waals surface area contributed by atoms with E-state index in [9.17, 15) is 0 Å². The third-order valence-electron chi connectivity index (χ3n) is 15.7. The topological polar surface area (TPSA) is 3.24 Å². The van der Waals surface area contributed by atoms with Crippen molar-refractivity contribution in [1.29, 1.82) is 0 Å². The third-order valence-corrected chi connectivity index (χ3v) is 15.7. The summed E-state index contributed by atoms with van der Waals surface area (Å²) < 4.78 is 0. The molecule has 0 bridgehead atoms. The van der Waals surface area contributed by atoms with Crippen molar-refractivity contribution in [3.63, 3.8) is 0 Å². The Balaban J connectivity index is 0.940. The molecule has 0 aromatic heterocycles. The van der Waals surface area contributed by atoms with Gasteiger partial charge in [-0.15, -0.1) is 0 Å². The lowest BCUT2D eigenvalue weighted by atomic mass is 9.55. The maximum atomic E-state index is 2.51. The molecule has 66 heavy (non-hydrogen) atoms. The molecule has 0 fully saturated rings. The molecule has 310 valence electrons. The summed E-state index contributed by atoms with van der Waals surface area (Å²) in [5.41, 5.74) is 26.3. The van der Waals surface area contributed by atoms with E-state index in [1.807, 2.05) is 0 Å². The second kappa shape index (κ2) is 13.5. The molecule has 2 spiro atoms. The molecule has 4 aliphatic carbocycles. The minimum absolute atomic E-state index is 0.230. The van der Waals surface area contributed by atoms with Crippen molar-refractivity contribution in [1.82, 2.24) is 0 Å². The van der Waals surface area contributed by atoms with Gasteiger partial charge in [0.1, 0.15) is 0 Å². The summed E-state index contributed by atoms with van der Waals surface area (Å²) in [5, 5.41) is 0. The molecule has 10 aromatic rings. The predicted molar refractivity (Wildman–Crippen MR) is 272 cm³/mol. The van der Waals surface area contributed by atoms with Gasteiger partial charge in [0.05, 0.1) is 10.8 Å². The molecular weight excluding hydrogens is 795 g/mol. The van der Waals surface area contributed by atoms with Crippen LogP contribution in [-0.4, -0.2) is 0 Å². The van der Waals surface area contributed by atoms with Crippen LogP contribution in [0.4, 0.5) is 17.1 Å². The molecule has 4 aliphatic rings. The number of fused-ring (bicyclic) bond motifs is 19. The predicted octanol–water partition coefficient (Wildman–Crippen LogP) is 16.2. The van der Waals surface area contributed by atoms with Gasteiger partial charge in [-0.05, 0) is 143 Å². The number of rotatable bonds is 4. The first-order valence-electron chi connectivity index (χ1n) is 23.3. The smallest absolute Gasteiger partial charge is 0.0725 e. The van der Waals surface area contributed by atoms with Gasteiger partial charge in [-0.25, -0.2) is 0 Å². The Labute approximate surface area is 387 Å². The highest BCUT2D eigenvalue weighted by molar-refractivity contribution is 5.97. The number of para-hydroxylation sites is 1. The van der Waals surface area contributed by atoms with Crippen LogP contribution >= 0.6 is 0 Å². The molecule has 1 heteroatoms. The SMILES string of the molecule is CC1(C)c2ccccc2C2(c3ccccc3-c3ccccc32)c2ccc(-c3cccc(N(c4ccccc4)c4ccc5c(c4)-c4ccccc4C54c5ccccc5-c5ccccc54)c3)cc21. The minimum atomic E-state index is -0.410. The van der Waals surface area contributed by atoms with Crippen LogP contribution in [0.15, 0.2) is 237 Å². The van der Waals surface area contributed by atoms with E-state index in [0.29, 0.717) is 0 Å². The molecule has 1 nitrogen and oxygen atoms in total. The van der Waals surface area contributed by atoms with Crippen molar-refractivity contribution in [2.24, 2.45) is 0 Å². The highest BCUT2D eigenvalue weighted by Crippen LogP contribution is 2.64. The Hall–Kier alpha value is -8.00. The second-order valence-electron chi connectivity index (χ2n) is 19.1. The fourth-order valence-corrected chi connectivity index (χ4v) is 13.1. The number of nitrogens with zero attached hydrogens (tertiary/aromatic N) is 1. The first kappa shape index (κ1) is 37.4. The summed E-state index contributed by atoms with van der Waals surface area (Å²) in [6.45, 7) is 4.83. The first-order valence-corrected chi connectivity index (χ1v) is 23.3. The van der Waals surface area contributed by atoms with Gasteiger partial charge >= 0.3 is 0 Å². The lowest BCUT2D eigenvalue weighted by Crippen LogP contribution is -2.40. The summed E-state index contributed by atoms with van der Waals surface area (Å²) in [7, 11) is 0. The maximum absolute atomic E-state index is 2.51. The quantitative estimate of drug-likeness (QED) is 0.171. The molecule has 0 atom stereocenters. The van der Waals surface area contributed by atoms with Crippen molar-refractivity contribution < 1.29 is 0 Å². The van der Waals surface area contributed by atoms with Gasteiger partial charge in [-0.2, -0.15) is 0 Å². The number of hydrogen-bond acceptors (Lipinski definition) is 1. The zero-order chi connectivity index (χ0) is 43.8. The van der Waals surface area contributed by atoms with Gasteiger partial charge in [0.25, 0.3) is 0 Å². The standard InChI is InChI=1S/C65H45N/c1-63(2)59-33-16-17-34-60(59)65(55-30-13-8-25-49(55)50-26-9-14-31-56(50)65)61-37-35-43(40-62(61)63)42-19-18-22-45(39-42)66(44-20-4-3-5-21-44)46-36-38-58-52(41-46)51-27-10-15-32-57(51)64(58)53-28-11-6-23-47(53)48-24-7-12-29-54(48)64/h3-41H,1-2H3.